The number of rotatable bonds is 3. The smallest absolute Gasteiger partial charge is 0.247 e. The van der Waals surface area contributed by atoms with Crippen LogP contribution in [0.5, 0.6) is 5.75 Å². The van der Waals surface area contributed by atoms with Crippen LogP contribution >= 0.6 is 0 Å². The van der Waals surface area contributed by atoms with Gasteiger partial charge in [-0.15, -0.1) is 0 Å². The van der Waals surface area contributed by atoms with Gasteiger partial charge in [0.2, 0.25) is 17.7 Å². The van der Waals surface area contributed by atoms with E-state index in [2.05, 4.69) is 5.32 Å². The summed E-state index contributed by atoms with van der Waals surface area (Å²) in [6, 6.07) is 5.44. The van der Waals surface area contributed by atoms with Crippen LogP contribution in [0, 0.1) is 23.7 Å². The van der Waals surface area contributed by atoms with Gasteiger partial charge in [0, 0.05) is 0 Å². The minimum atomic E-state index is -0.908. The maximum atomic E-state index is 12.7. The van der Waals surface area contributed by atoms with Crippen LogP contribution in [0.25, 0.3) is 0 Å². The highest BCUT2D eigenvalue weighted by molar-refractivity contribution is 6.10. The normalized spacial score (nSPS) is 31.5. The molecule has 2 aliphatic carbocycles. The quantitative estimate of drug-likeness (QED) is 0.501. The van der Waals surface area contributed by atoms with Gasteiger partial charge in [-0.25, -0.2) is 0 Å². The summed E-state index contributed by atoms with van der Waals surface area (Å²) in [5.74, 6) is -1.43. The molecule has 6 heteroatoms. The molecule has 3 aliphatic rings. The number of nitrogens with zero attached hydrogens (tertiary/aromatic N) is 1. The number of aromatic hydroxyl groups is 1. The first kappa shape index (κ1) is 14.9. The third kappa shape index (κ3) is 1.99. The van der Waals surface area contributed by atoms with Crippen molar-refractivity contribution in [2.45, 2.75) is 19.4 Å². The number of allylic oxidation sites excluding steroid dienone is 2. The molecular formula is C18H18N2O4. The predicted molar refractivity (Wildman–Crippen MR) is 85.8 cm³/mol. The molecule has 0 spiro atoms. The summed E-state index contributed by atoms with van der Waals surface area (Å²) in [6.45, 7) is 1.54. The van der Waals surface area contributed by atoms with Crippen LogP contribution in [0.3, 0.4) is 0 Å². The Kier molecular flexibility index (Phi) is 3.23. The molecule has 1 saturated carbocycles. The van der Waals surface area contributed by atoms with Gasteiger partial charge in [0.25, 0.3) is 0 Å². The molecule has 24 heavy (non-hydrogen) atoms. The number of benzene rings is 1. The molecule has 0 aromatic heterocycles. The van der Waals surface area contributed by atoms with Crippen molar-refractivity contribution in [2.24, 2.45) is 23.7 Å². The van der Waals surface area contributed by atoms with Crippen LogP contribution in [0.15, 0.2) is 36.4 Å². The van der Waals surface area contributed by atoms with E-state index in [4.69, 9.17) is 0 Å². The van der Waals surface area contributed by atoms with E-state index in [1.807, 2.05) is 12.2 Å². The highest BCUT2D eigenvalue weighted by atomic mass is 16.3. The molecule has 6 nitrogen and oxygen atoms in total. The first-order valence-corrected chi connectivity index (χ1v) is 8.13. The number of carbonyl (C=O) groups is 3. The number of carbonyl (C=O) groups excluding carboxylic acids is 3. The summed E-state index contributed by atoms with van der Waals surface area (Å²) in [5.41, 5.74) is 0.260. The predicted octanol–water partition coefficient (Wildman–Crippen LogP) is 1.53. The Bertz CT molecular complexity index is 742. The van der Waals surface area contributed by atoms with Crippen LogP contribution < -0.4 is 5.32 Å². The molecule has 5 unspecified atom stereocenters. The number of hydrogen-bond acceptors (Lipinski definition) is 4. The Morgan fingerprint density at radius 1 is 1.17 bits per heavy atom. The number of anilines is 1. The number of phenols is 1. The third-order valence-corrected chi connectivity index (χ3v) is 5.43. The SMILES string of the molecule is CC(C(=O)Nc1ccccc1O)N1C(=O)C2C3C=CC(C3)C2C1=O. The van der Waals surface area contributed by atoms with Crippen LogP contribution in [-0.2, 0) is 14.4 Å². The largest absolute Gasteiger partial charge is 0.506 e. The summed E-state index contributed by atoms with van der Waals surface area (Å²) < 4.78 is 0. The Morgan fingerprint density at radius 2 is 1.75 bits per heavy atom. The minimum absolute atomic E-state index is 0.0590. The van der Waals surface area contributed by atoms with Crippen LogP contribution in [0.2, 0.25) is 0 Å². The van der Waals surface area contributed by atoms with E-state index in [0.717, 1.165) is 11.3 Å². The maximum Gasteiger partial charge on any atom is 0.247 e. The molecule has 2 N–H and O–H groups in total. The Balaban J connectivity index is 1.54. The first-order chi connectivity index (χ1) is 11.5. The van der Waals surface area contributed by atoms with Gasteiger partial charge in [-0.2, -0.15) is 0 Å². The summed E-state index contributed by atoms with van der Waals surface area (Å²) in [5, 5.41) is 12.3. The lowest BCUT2D eigenvalue weighted by atomic mass is 9.85. The van der Waals surface area contributed by atoms with Gasteiger partial charge < -0.3 is 10.4 Å². The van der Waals surface area contributed by atoms with Crippen molar-refractivity contribution in [1.29, 1.82) is 0 Å². The molecule has 124 valence electrons. The maximum absolute atomic E-state index is 12.7. The molecule has 2 bridgehead atoms. The Morgan fingerprint density at radius 3 is 2.33 bits per heavy atom. The Labute approximate surface area is 139 Å². The number of amides is 3. The first-order valence-electron chi connectivity index (χ1n) is 8.13. The third-order valence-electron chi connectivity index (χ3n) is 5.43. The fraction of sp³-hybridized carbons (Fsp3) is 0.389. The highest BCUT2D eigenvalue weighted by Gasteiger charge is 2.60. The lowest BCUT2D eigenvalue weighted by Gasteiger charge is -2.24. The van der Waals surface area contributed by atoms with Crippen molar-refractivity contribution in [3.63, 3.8) is 0 Å². The number of phenolic OH excluding ortho intramolecular Hbond substituents is 1. The average Bonchev–Trinajstić information content (AvgIpc) is 3.23. The van der Waals surface area contributed by atoms with Crippen molar-refractivity contribution >= 4 is 23.4 Å². The number of likely N-dealkylation sites (tertiary alicyclic amines) is 1. The van der Waals surface area contributed by atoms with Gasteiger partial charge in [0.15, 0.2) is 0 Å². The standard InChI is InChI=1S/C18H18N2O4/c1-9(16(22)19-12-4-2-3-5-13(12)21)20-17(23)14-10-6-7-11(8-10)15(14)18(20)24/h2-7,9-11,14-15,21H,8H2,1H3,(H,19,22). The van der Waals surface area contributed by atoms with E-state index in [0.29, 0.717) is 0 Å². The van der Waals surface area contributed by atoms with Crippen molar-refractivity contribution < 1.29 is 19.5 Å². The topological polar surface area (TPSA) is 86.7 Å². The molecule has 5 atom stereocenters. The van der Waals surface area contributed by atoms with Crippen molar-refractivity contribution in [2.75, 3.05) is 5.32 Å². The zero-order valence-corrected chi connectivity index (χ0v) is 13.2. The van der Waals surface area contributed by atoms with Gasteiger partial charge in [0.1, 0.15) is 11.8 Å². The molecule has 3 amide bonds. The molecule has 1 aromatic carbocycles. The molecule has 2 fully saturated rings. The molecule has 1 aromatic rings. The van der Waals surface area contributed by atoms with Gasteiger partial charge >= 0.3 is 0 Å². The molecule has 4 rings (SSSR count). The van der Waals surface area contributed by atoms with Crippen LogP contribution in [-0.4, -0.2) is 33.8 Å². The van der Waals surface area contributed by atoms with E-state index < -0.39 is 11.9 Å². The second-order valence-corrected chi connectivity index (χ2v) is 6.73. The fourth-order valence-corrected chi connectivity index (χ4v) is 4.24. The second-order valence-electron chi connectivity index (χ2n) is 6.73. The lowest BCUT2D eigenvalue weighted by molar-refractivity contribution is -0.146. The number of hydrogen-bond donors (Lipinski definition) is 2. The van der Waals surface area contributed by atoms with Gasteiger partial charge in [-0.05, 0) is 37.3 Å². The van der Waals surface area contributed by atoms with E-state index in [1.54, 1.807) is 25.1 Å². The molecule has 1 aliphatic heterocycles. The van der Waals surface area contributed by atoms with Crippen molar-refractivity contribution in [3.05, 3.63) is 36.4 Å². The van der Waals surface area contributed by atoms with Gasteiger partial charge in [-0.1, -0.05) is 24.3 Å². The monoisotopic (exact) mass is 326 g/mol. The van der Waals surface area contributed by atoms with Crippen LogP contribution in [0.4, 0.5) is 5.69 Å². The Hall–Kier alpha value is -2.63. The summed E-state index contributed by atoms with van der Waals surface area (Å²) in [7, 11) is 0. The summed E-state index contributed by atoms with van der Waals surface area (Å²) >= 11 is 0. The second kappa shape index (κ2) is 5.19. The fourth-order valence-electron chi connectivity index (χ4n) is 4.24. The lowest BCUT2D eigenvalue weighted by Crippen LogP contribution is -2.46. The van der Waals surface area contributed by atoms with E-state index >= 15 is 0 Å². The van der Waals surface area contributed by atoms with E-state index in [9.17, 15) is 19.5 Å². The number of para-hydroxylation sites is 2. The van der Waals surface area contributed by atoms with Crippen molar-refractivity contribution in [3.8, 4) is 5.75 Å². The minimum Gasteiger partial charge on any atom is -0.506 e. The van der Waals surface area contributed by atoms with Crippen LogP contribution in [0.1, 0.15) is 13.3 Å². The van der Waals surface area contributed by atoms with Gasteiger partial charge in [0.05, 0.1) is 17.5 Å². The average molecular weight is 326 g/mol. The highest BCUT2D eigenvalue weighted by Crippen LogP contribution is 2.52. The zero-order valence-electron chi connectivity index (χ0n) is 13.2. The number of fused-ring (bicyclic) bond motifs is 5. The van der Waals surface area contributed by atoms with Gasteiger partial charge in [-0.3, -0.25) is 19.3 Å². The molecule has 1 heterocycles. The molecular weight excluding hydrogens is 308 g/mol. The van der Waals surface area contributed by atoms with Crippen molar-refractivity contribution in [1.82, 2.24) is 4.90 Å². The van der Waals surface area contributed by atoms with E-state index in [-0.39, 0.29) is 46.9 Å². The zero-order chi connectivity index (χ0) is 17.0. The van der Waals surface area contributed by atoms with E-state index in [1.165, 1.54) is 6.07 Å². The number of imide groups is 1. The summed E-state index contributed by atoms with van der Waals surface area (Å²) in [6.07, 6.45) is 4.90. The summed E-state index contributed by atoms with van der Waals surface area (Å²) in [4.78, 5) is 39.0. The molecule has 1 saturated heterocycles. The molecule has 0 radical (unpaired) electrons. The number of nitrogens with one attached hydrogen (secondary N) is 1.